The topological polar surface area (TPSA) is 82.1 Å². The fourth-order valence-electron chi connectivity index (χ4n) is 2.90. The van der Waals surface area contributed by atoms with Crippen LogP contribution in [0.3, 0.4) is 0 Å². The van der Waals surface area contributed by atoms with Crippen molar-refractivity contribution >= 4 is 56.3 Å². The Labute approximate surface area is 151 Å². The number of amides is 3. The van der Waals surface area contributed by atoms with Gasteiger partial charge in [-0.1, -0.05) is 15.9 Å². The van der Waals surface area contributed by atoms with Crippen LogP contribution in [0.4, 0.5) is 5.69 Å². The van der Waals surface area contributed by atoms with Crippen LogP contribution in [0.25, 0.3) is 0 Å². The lowest BCUT2D eigenvalue weighted by Crippen LogP contribution is -2.48. The van der Waals surface area contributed by atoms with Gasteiger partial charge in [0.15, 0.2) is 5.17 Å². The van der Waals surface area contributed by atoms with E-state index in [1.165, 1.54) is 13.8 Å². The van der Waals surface area contributed by atoms with Gasteiger partial charge in [-0.3, -0.25) is 14.4 Å². The molecule has 1 aromatic rings. The summed E-state index contributed by atoms with van der Waals surface area (Å²) in [6.45, 7) is 5.04. The number of hydrazone groups is 1. The van der Waals surface area contributed by atoms with Crippen LogP contribution in [0.5, 0.6) is 0 Å². The van der Waals surface area contributed by atoms with Crippen LogP contribution < -0.4 is 10.2 Å². The number of fused-ring (bicyclic) bond motifs is 2. The lowest BCUT2D eigenvalue weighted by Gasteiger charge is -2.29. The number of halogens is 1. The zero-order valence-electron chi connectivity index (χ0n) is 13.3. The van der Waals surface area contributed by atoms with E-state index in [1.54, 1.807) is 4.90 Å². The van der Waals surface area contributed by atoms with Crippen molar-refractivity contribution in [2.24, 2.45) is 5.10 Å². The Morgan fingerprint density at radius 3 is 2.67 bits per heavy atom. The average Bonchev–Trinajstić information content (AvgIpc) is 2.98. The Balaban J connectivity index is 2.19. The van der Waals surface area contributed by atoms with Gasteiger partial charge in [0.1, 0.15) is 0 Å². The predicted molar refractivity (Wildman–Crippen MR) is 95.2 cm³/mol. The second-order valence-electron chi connectivity index (χ2n) is 5.37. The van der Waals surface area contributed by atoms with E-state index in [4.69, 9.17) is 0 Å². The first-order chi connectivity index (χ1) is 11.3. The molecule has 2 aliphatic heterocycles. The molecule has 2 heterocycles. The van der Waals surface area contributed by atoms with Crippen LogP contribution in [0, 0.1) is 0 Å². The summed E-state index contributed by atoms with van der Waals surface area (Å²) in [5.74, 6) is -0.934. The molecule has 0 fully saturated rings. The fourth-order valence-corrected chi connectivity index (χ4v) is 4.58. The third-order valence-corrected chi connectivity index (χ3v) is 5.51. The van der Waals surface area contributed by atoms with Crippen molar-refractivity contribution in [1.82, 2.24) is 10.3 Å². The van der Waals surface area contributed by atoms with Gasteiger partial charge in [0.05, 0.1) is 5.69 Å². The summed E-state index contributed by atoms with van der Waals surface area (Å²) in [5.41, 5.74) is 1.41. The molecule has 3 rings (SSSR count). The maximum atomic E-state index is 13.2. The van der Waals surface area contributed by atoms with Gasteiger partial charge < -0.3 is 10.2 Å². The Hall–Kier alpha value is -1.87. The number of carbonyl (C=O) groups is 3. The van der Waals surface area contributed by atoms with Gasteiger partial charge in [-0.2, -0.15) is 5.01 Å². The molecule has 3 amide bonds. The minimum Gasteiger partial charge on any atom is -0.309 e. The molecule has 0 radical (unpaired) electrons. The molecule has 1 N–H and O–H groups in total. The number of anilines is 1. The Kier molecular flexibility index (Phi) is 4.16. The van der Waals surface area contributed by atoms with Gasteiger partial charge in [0.25, 0.3) is 5.91 Å². The molecule has 7 nitrogen and oxygen atoms in total. The number of likely N-dealkylation sites (N-methyl/N-ethyl adjacent to an activating group) is 1. The summed E-state index contributed by atoms with van der Waals surface area (Å²) in [7, 11) is 0. The van der Waals surface area contributed by atoms with Gasteiger partial charge >= 0.3 is 0 Å². The maximum absolute atomic E-state index is 13.2. The molecule has 126 valence electrons. The van der Waals surface area contributed by atoms with E-state index in [9.17, 15) is 14.4 Å². The van der Waals surface area contributed by atoms with Crippen LogP contribution in [-0.4, -0.2) is 34.4 Å². The highest BCUT2D eigenvalue weighted by Gasteiger charge is 2.60. The number of amidine groups is 1. The van der Waals surface area contributed by atoms with Crippen molar-refractivity contribution in [1.29, 1.82) is 0 Å². The summed E-state index contributed by atoms with van der Waals surface area (Å²) in [6.07, 6.45) is 0. The number of nitrogens with zero attached hydrogens (tertiary/aromatic N) is 3. The van der Waals surface area contributed by atoms with Crippen molar-refractivity contribution in [3.8, 4) is 0 Å². The van der Waals surface area contributed by atoms with E-state index < -0.39 is 4.87 Å². The molecule has 0 saturated heterocycles. The fraction of sp³-hybridized carbons (Fsp3) is 0.333. The first-order valence-corrected chi connectivity index (χ1v) is 8.90. The van der Waals surface area contributed by atoms with Gasteiger partial charge in [-0.25, -0.2) is 0 Å². The van der Waals surface area contributed by atoms with E-state index in [0.717, 1.165) is 26.9 Å². The highest BCUT2D eigenvalue weighted by Crippen LogP contribution is 2.54. The Bertz CT molecular complexity index is 797. The highest BCUT2D eigenvalue weighted by molar-refractivity contribution is 9.10. The molecule has 1 atom stereocenters. The number of hydrogen-bond acceptors (Lipinski definition) is 5. The van der Waals surface area contributed by atoms with Crippen LogP contribution >= 0.6 is 27.7 Å². The second kappa shape index (κ2) is 5.89. The summed E-state index contributed by atoms with van der Waals surface area (Å²) in [6, 6.07) is 5.50. The smallest absolute Gasteiger partial charge is 0.270 e. The second-order valence-corrected chi connectivity index (χ2v) is 7.47. The number of hydrogen-bond donors (Lipinski definition) is 1. The van der Waals surface area contributed by atoms with Crippen LogP contribution in [0.1, 0.15) is 26.3 Å². The molecule has 2 aliphatic rings. The van der Waals surface area contributed by atoms with Gasteiger partial charge in [0.2, 0.25) is 16.7 Å². The summed E-state index contributed by atoms with van der Waals surface area (Å²) < 4.78 is 0.795. The minimum atomic E-state index is -1.32. The Morgan fingerprint density at radius 2 is 2.08 bits per heavy atom. The van der Waals surface area contributed by atoms with Crippen molar-refractivity contribution in [2.45, 2.75) is 25.6 Å². The lowest BCUT2D eigenvalue weighted by molar-refractivity contribution is -0.139. The van der Waals surface area contributed by atoms with Gasteiger partial charge in [-0.15, -0.1) is 5.10 Å². The zero-order valence-corrected chi connectivity index (χ0v) is 15.7. The quantitative estimate of drug-likeness (QED) is 0.766. The first-order valence-electron chi connectivity index (χ1n) is 7.29. The van der Waals surface area contributed by atoms with Crippen molar-refractivity contribution in [3.63, 3.8) is 0 Å². The largest absolute Gasteiger partial charge is 0.309 e. The lowest BCUT2D eigenvalue weighted by atomic mass is 10.1. The van der Waals surface area contributed by atoms with Gasteiger partial charge in [-0.05, 0) is 36.9 Å². The van der Waals surface area contributed by atoms with Crippen LogP contribution in [-0.2, 0) is 19.3 Å². The molecule has 0 aliphatic carbocycles. The summed E-state index contributed by atoms with van der Waals surface area (Å²) in [4.78, 5) is 37.0. The van der Waals surface area contributed by atoms with E-state index >= 15 is 0 Å². The van der Waals surface area contributed by atoms with Gasteiger partial charge in [0, 0.05) is 30.4 Å². The molecular formula is C15H15BrN4O3S. The van der Waals surface area contributed by atoms with Crippen molar-refractivity contribution < 1.29 is 14.4 Å². The van der Waals surface area contributed by atoms with Crippen LogP contribution in [0.2, 0.25) is 0 Å². The molecule has 0 aromatic heterocycles. The third-order valence-electron chi connectivity index (χ3n) is 3.78. The van der Waals surface area contributed by atoms with E-state index in [-0.39, 0.29) is 22.9 Å². The third kappa shape index (κ3) is 2.34. The average molecular weight is 411 g/mol. The molecule has 1 aromatic carbocycles. The van der Waals surface area contributed by atoms with Crippen molar-refractivity contribution in [2.75, 3.05) is 11.4 Å². The molecule has 1 spiro atoms. The molecule has 9 heteroatoms. The standard InChI is InChI=1S/C15H15BrN4O3S/c1-4-19-12-6-5-10(16)7-11(12)15(13(19)23)20(9(3)22)18-14(24-15)17-8(2)21/h5-7H,4H2,1-3H3,(H,17,18,21)/t15-/m1/s1. The molecular weight excluding hydrogens is 396 g/mol. The number of benzene rings is 1. The maximum Gasteiger partial charge on any atom is 0.270 e. The molecule has 0 unspecified atom stereocenters. The number of carbonyl (C=O) groups excluding carboxylic acids is 3. The van der Waals surface area contributed by atoms with Crippen molar-refractivity contribution in [3.05, 3.63) is 28.2 Å². The van der Waals surface area contributed by atoms with Crippen LogP contribution in [0.15, 0.2) is 27.8 Å². The van der Waals surface area contributed by atoms with E-state index in [0.29, 0.717) is 12.1 Å². The highest BCUT2D eigenvalue weighted by atomic mass is 79.9. The number of rotatable bonds is 1. The number of nitrogens with one attached hydrogen (secondary N) is 1. The number of thioether (sulfide) groups is 1. The zero-order chi connectivity index (χ0) is 17.6. The molecule has 0 bridgehead atoms. The Morgan fingerprint density at radius 1 is 1.38 bits per heavy atom. The molecule has 0 saturated carbocycles. The first kappa shape index (κ1) is 17.0. The predicted octanol–water partition coefficient (Wildman–Crippen LogP) is 1.97. The normalized spacial score (nSPS) is 22.0. The summed E-state index contributed by atoms with van der Waals surface area (Å²) in [5, 5.41) is 8.14. The van der Waals surface area contributed by atoms with E-state index in [2.05, 4.69) is 26.3 Å². The summed E-state index contributed by atoms with van der Waals surface area (Å²) >= 11 is 4.49. The minimum absolute atomic E-state index is 0.231. The SMILES string of the molecule is CCN1C(=O)[C@]2(SC(NC(C)=O)=NN2C(C)=O)c2cc(Br)ccc21. The monoisotopic (exact) mass is 410 g/mol. The molecule has 24 heavy (non-hydrogen) atoms. The van der Waals surface area contributed by atoms with E-state index in [1.807, 2.05) is 25.1 Å².